The Bertz CT molecular complexity index is 1580. The fourth-order valence-electron chi connectivity index (χ4n) is 8.80. The number of hydrogen-bond acceptors (Lipinski definition) is 4. The predicted molar refractivity (Wildman–Crippen MR) is 252 cm³/mol. The summed E-state index contributed by atoms with van der Waals surface area (Å²) in [6.45, 7) is 9.34. The zero-order valence-corrected chi connectivity index (χ0v) is 38.1. The molecule has 0 fully saturated rings. The zero-order chi connectivity index (χ0) is 37.8. The Hall–Kier alpha value is -1.46. The first kappa shape index (κ1) is 43.7. The summed E-state index contributed by atoms with van der Waals surface area (Å²) in [7, 11) is 0. The number of hydrogen-bond donors (Lipinski definition) is 0. The lowest BCUT2D eigenvalue weighted by Gasteiger charge is -2.17. The van der Waals surface area contributed by atoms with Gasteiger partial charge in [0.25, 0.3) is 0 Å². The Kier molecular flexibility index (Phi) is 20.2. The lowest BCUT2D eigenvalue weighted by molar-refractivity contribution is 0.404. The number of thiophene rings is 4. The van der Waals surface area contributed by atoms with Crippen LogP contribution in [0, 0.1) is 11.8 Å². The normalized spacial score (nSPS) is 13.1. The fraction of sp³-hybridized carbons (Fsp3) is 0.640. The van der Waals surface area contributed by atoms with Crippen molar-refractivity contribution >= 4 is 65.5 Å². The summed E-state index contributed by atoms with van der Waals surface area (Å²) < 4.78 is 2.96. The molecular formula is C50H74S4. The molecule has 0 aliphatic rings. The summed E-state index contributed by atoms with van der Waals surface area (Å²) in [5.41, 5.74) is 3.00. The van der Waals surface area contributed by atoms with E-state index in [1.807, 2.05) is 22.7 Å². The Labute approximate surface area is 347 Å². The van der Waals surface area contributed by atoms with Gasteiger partial charge >= 0.3 is 0 Å². The third kappa shape index (κ3) is 13.3. The summed E-state index contributed by atoms with van der Waals surface area (Å²) in [6, 6.07) is 14.8. The first-order valence-corrected chi connectivity index (χ1v) is 26.1. The highest BCUT2D eigenvalue weighted by atomic mass is 32.1. The molecule has 2 atom stereocenters. The molecule has 0 saturated carbocycles. The quantitative estimate of drug-likeness (QED) is 0.0406. The van der Waals surface area contributed by atoms with E-state index in [4.69, 9.17) is 0 Å². The lowest BCUT2D eigenvalue weighted by Crippen LogP contribution is -2.04. The molecule has 5 rings (SSSR count). The highest BCUT2D eigenvalue weighted by Gasteiger charge is 2.23. The van der Waals surface area contributed by atoms with Crippen LogP contribution in [0.3, 0.4) is 0 Å². The van der Waals surface area contributed by atoms with Crippen LogP contribution in [0.4, 0.5) is 0 Å². The summed E-state index contributed by atoms with van der Waals surface area (Å²) in [6.07, 6.45) is 36.0. The zero-order valence-electron chi connectivity index (χ0n) is 34.8. The standard InChI is InChI=1S/C50H74S4/c1-5-9-13-17-19-23-27-39(25-21-15-11-7-3)37-41-29-31-45(53-41)47-43-33-35-51-49(43)50-44(34-36-52-50)48(47)46-32-30-42(54-46)38-40(26-22-16-12-8-4)28-24-20-18-14-10-6-2/h29-36,39-40H,5-28,37-38H2,1-4H3. The molecule has 0 saturated heterocycles. The average Bonchev–Trinajstić information content (AvgIpc) is 4.02. The molecule has 4 aromatic heterocycles. The molecule has 1 aromatic carbocycles. The van der Waals surface area contributed by atoms with Crippen LogP contribution in [0.1, 0.15) is 192 Å². The van der Waals surface area contributed by atoms with Crippen LogP contribution < -0.4 is 0 Å². The molecule has 0 aliphatic heterocycles. The Balaban J connectivity index is 1.37. The minimum absolute atomic E-state index is 0.825. The van der Waals surface area contributed by atoms with Crippen molar-refractivity contribution in [1.29, 1.82) is 0 Å². The van der Waals surface area contributed by atoms with E-state index in [1.54, 1.807) is 9.75 Å². The topological polar surface area (TPSA) is 0 Å². The van der Waals surface area contributed by atoms with Gasteiger partial charge in [-0.2, -0.15) is 0 Å². The number of fused-ring (bicyclic) bond motifs is 3. The first-order chi connectivity index (χ1) is 26.7. The SMILES string of the molecule is CCCCCCCCC(CCCCCC)Cc1ccc(-c2c(-c3ccc(CC(CCCCCC)CCCCCCCC)s3)c3ccsc3c3sccc23)s1. The average molecular weight is 803 g/mol. The van der Waals surface area contributed by atoms with Gasteiger partial charge in [0.15, 0.2) is 0 Å². The van der Waals surface area contributed by atoms with Gasteiger partial charge in [0.05, 0.1) is 9.40 Å². The van der Waals surface area contributed by atoms with E-state index in [1.165, 1.54) is 208 Å². The maximum Gasteiger partial charge on any atom is 0.0528 e. The van der Waals surface area contributed by atoms with Crippen molar-refractivity contribution in [3.63, 3.8) is 0 Å². The second kappa shape index (κ2) is 25.0. The second-order valence-corrected chi connectivity index (χ2v) is 20.7. The van der Waals surface area contributed by atoms with Gasteiger partial charge in [-0.05, 0) is 71.8 Å². The van der Waals surface area contributed by atoms with Crippen molar-refractivity contribution in [3.05, 3.63) is 56.9 Å². The van der Waals surface area contributed by atoms with E-state index in [9.17, 15) is 0 Å². The van der Waals surface area contributed by atoms with E-state index < -0.39 is 0 Å². The summed E-state index contributed by atoms with van der Waals surface area (Å²) >= 11 is 8.09. The number of unbranched alkanes of at least 4 members (excludes halogenated alkanes) is 16. The first-order valence-electron chi connectivity index (χ1n) is 22.7. The van der Waals surface area contributed by atoms with Crippen molar-refractivity contribution in [1.82, 2.24) is 0 Å². The number of benzene rings is 1. The molecule has 5 aromatic rings. The van der Waals surface area contributed by atoms with Crippen molar-refractivity contribution in [2.45, 2.75) is 195 Å². The van der Waals surface area contributed by atoms with Crippen LogP contribution >= 0.6 is 45.3 Å². The molecule has 0 bridgehead atoms. The Morgan fingerprint density at radius 2 is 0.722 bits per heavy atom. The van der Waals surface area contributed by atoms with Crippen LogP contribution in [-0.4, -0.2) is 0 Å². The maximum absolute atomic E-state index is 2.51. The third-order valence-corrected chi connectivity index (χ3v) is 16.2. The molecule has 0 nitrogen and oxygen atoms in total. The lowest BCUT2D eigenvalue weighted by atomic mass is 9.91. The molecule has 2 unspecified atom stereocenters. The van der Waals surface area contributed by atoms with Crippen molar-refractivity contribution in [2.75, 3.05) is 0 Å². The van der Waals surface area contributed by atoms with Crippen molar-refractivity contribution in [3.8, 4) is 20.9 Å². The molecule has 0 amide bonds. The van der Waals surface area contributed by atoms with Crippen LogP contribution in [0.15, 0.2) is 47.2 Å². The van der Waals surface area contributed by atoms with Gasteiger partial charge in [0.1, 0.15) is 0 Å². The molecule has 0 spiro atoms. The predicted octanol–water partition coefficient (Wildman–Crippen LogP) is 19.3. The van der Waals surface area contributed by atoms with E-state index in [0.717, 1.165) is 11.8 Å². The minimum Gasteiger partial charge on any atom is -0.142 e. The summed E-state index contributed by atoms with van der Waals surface area (Å²) in [5, 5.41) is 7.61. The van der Waals surface area contributed by atoms with Gasteiger partial charge in [-0.15, -0.1) is 45.3 Å². The van der Waals surface area contributed by atoms with Gasteiger partial charge < -0.3 is 0 Å². The van der Waals surface area contributed by atoms with E-state index in [2.05, 4.69) is 97.5 Å². The minimum atomic E-state index is 0.825. The van der Waals surface area contributed by atoms with Crippen LogP contribution in [0.2, 0.25) is 0 Å². The highest BCUT2D eigenvalue weighted by molar-refractivity contribution is 7.26. The van der Waals surface area contributed by atoms with Gasteiger partial charge in [-0.3, -0.25) is 0 Å². The number of rotatable bonds is 30. The maximum atomic E-state index is 2.51. The van der Waals surface area contributed by atoms with Crippen molar-refractivity contribution < 1.29 is 0 Å². The van der Waals surface area contributed by atoms with Crippen LogP contribution in [-0.2, 0) is 12.8 Å². The van der Waals surface area contributed by atoms with Crippen LogP contribution in [0.5, 0.6) is 0 Å². The van der Waals surface area contributed by atoms with Gasteiger partial charge in [-0.1, -0.05) is 182 Å². The molecule has 0 N–H and O–H groups in total. The molecule has 4 heterocycles. The van der Waals surface area contributed by atoms with Crippen molar-refractivity contribution in [2.24, 2.45) is 11.8 Å². The molecule has 298 valence electrons. The Morgan fingerprint density at radius 3 is 1.09 bits per heavy atom. The second-order valence-electron chi connectivity index (χ2n) is 16.6. The summed E-state index contributed by atoms with van der Waals surface area (Å²) in [4.78, 5) is 6.16. The van der Waals surface area contributed by atoms with Crippen LogP contribution in [0.25, 0.3) is 41.1 Å². The molecule has 4 heteroatoms. The Morgan fingerprint density at radius 1 is 0.389 bits per heavy atom. The van der Waals surface area contributed by atoms with E-state index in [0.29, 0.717) is 0 Å². The summed E-state index contributed by atoms with van der Waals surface area (Å²) in [5.74, 6) is 1.65. The van der Waals surface area contributed by atoms with Gasteiger partial charge in [0, 0.05) is 41.4 Å². The molecular weight excluding hydrogens is 729 g/mol. The fourth-order valence-corrected chi connectivity index (χ4v) is 13.2. The highest BCUT2D eigenvalue weighted by Crippen LogP contribution is 2.51. The largest absolute Gasteiger partial charge is 0.142 e. The van der Waals surface area contributed by atoms with E-state index in [-0.39, 0.29) is 0 Å². The molecule has 54 heavy (non-hydrogen) atoms. The molecule has 0 radical (unpaired) electrons. The van der Waals surface area contributed by atoms with E-state index >= 15 is 0 Å². The smallest absolute Gasteiger partial charge is 0.0528 e. The monoisotopic (exact) mass is 802 g/mol. The third-order valence-electron chi connectivity index (χ3n) is 12.0. The van der Waals surface area contributed by atoms with Gasteiger partial charge in [-0.25, -0.2) is 0 Å². The van der Waals surface area contributed by atoms with Gasteiger partial charge in [0.2, 0.25) is 0 Å². The molecule has 0 aliphatic carbocycles.